The fourth-order valence-corrected chi connectivity index (χ4v) is 5.22. The summed E-state index contributed by atoms with van der Waals surface area (Å²) in [5, 5.41) is 51.2. The molecule has 3 aliphatic rings. The molecular weight excluding hydrogens is 480 g/mol. The predicted molar refractivity (Wildman–Crippen MR) is 120 cm³/mol. The Bertz CT molecular complexity index is 985. The Hall–Kier alpha value is -2.32. The van der Waals surface area contributed by atoms with Crippen molar-refractivity contribution >= 4 is 23.8 Å². The molecule has 2 aliphatic heterocycles. The van der Waals surface area contributed by atoms with Crippen molar-refractivity contribution in [3.8, 4) is 0 Å². The Morgan fingerprint density at radius 2 is 1.83 bits per heavy atom. The number of amides is 1. The number of carboxylic acid groups (broad SMARTS) is 2. The highest BCUT2D eigenvalue weighted by Crippen LogP contribution is 2.41. The summed E-state index contributed by atoms with van der Waals surface area (Å²) in [6.45, 7) is -1.71. The average Bonchev–Trinajstić information content (AvgIpc) is 3.26. The molecule has 0 aromatic heterocycles. The maximum atomic E-state index is 13.9. The number of rotatable bonds is 9. The third-order valence-electron chi connectivity index (χ3n) is 7.05. The Balaban J connectivity index is 1.94. The lowest BCUT2D eigenvalue weighted by atomic mass is 9.84. The van der Waals surface area contributed by atoms with Crippen LogP contribution in [0.15, 0.2) is 0 Å². The van der Waals surface area contributed by atoms with Gasteiger partial charge in [-0.15, -0.1) is 0 Å². The van der Waals surface area contributed by atoms with E-state index in [0.717, 1.165) is 11.3 Å². The molecule has 0 aromatic carbocycles. The van der Waals surface area contributed by atoms with Crippen LogP contribution in [0.2, 0.25) is 0 Å². The van der Waals surface area contributed by atoms with Crippen LogP contribution >= 0.6 is 0 Å². The first-order chi connectivity index (χ1) is 18.5. The largest absolute Gasteiger partial charge is 0.480 e. The molecule has 2 saturated heterocycles. The van der Waals surface area contributed by atoms with Gasteiger partial charge < -0.3 is 39.9 Å². The van der Waals surface area contributed by atoms with E-state index in [2.05, 4.69) is 5.32 Å². The van der Waals surface area contributed by atoms with Gasteiger partial charge in [-0.1, -0.05) is 26.2 Å². The van der Waals surface area contributed by atoms with E-state index >= 15 is 0 Å². The zero-order chi connectivity index (χ0) is 30.2. The molecule has 10 atom stereocenters. The summed E-state index contributed by atoms with van der Waals surface area (Å²) in [5.41, 5.74) is 0. The molecule has 6 N–H and O–H groups in total. The lowest BCUT2D eigenvalue weighted by Crippen LogP contribution is -2.61. The van der Waals surface area contributed by atoms with Crippen LogP contribution in [-0.2, 0) is 28.7 Å². The Morgan fingerprint density at radius 3 is 2.44 bits per heavy atom. The van der Waals surface area contributed by atoms with E-state index in [9.17, 15) is 44.7 Å². The van der Waals surface area contributed by atoms with Crippen molar-refractivity contribution in [1.29, 1.82) is 0 Å². The van der Waals surface area contributed by atoms with E-state index in [-0.39, 0.29) is 18.8 Å². The zero-order valence-electron chi connectivity index (χ0n) is 23.8. The summed E-state index contributed by atoms with van der Waals surface area (Å²) < 4.78 is 42.8. The Morgan fingerprint density at radius 1 is 1.14 bits per heavy atom. The van der Waals surface area contributed by atoms with E-state index in [1.165, 1.54) is 0 Å². The van der Waals surface area contributed by atoms with Crippen molar-refractivity contribution in [2.45, 2.75) is 114 Å². The molecule has 1 amide bonds. The number of aliphatic carboxylic acids is 2. The van der Waals surface area contributed by atoms with Gasteiger partial charge in [0.1, 0.15) is 30.4 Å². The number of fused-ring (bicyclic) bond motifs is 1. The molecule has 13 nitrogen and oxygen atoms in total. The molecule has 36 heavy (non-hydrogen) atoms. The van der Waals surface area contributed by atoms with Gasteiger partial charge in [-0.2, -0.15) is 0 Å². The fourth-order valence-electron chi connectivity index (χ4n) is 5.22. The first-order valence-electron chi connectivity index (χ1n) is 14.0. The number of nitrogens with one attached hydrogen (secondary N) is 1. The zero-order valence-corrected chi connectivity index (χ0v) is 19.8. The van der Waals surface area contributed by atoms with E-state index < -0.39 is 85.5 Å². The van der Waals surface area contributed by atoms with E-state index in [0.29, 0.717) is 25.7 Å². The second kappa shape index (κ2) is 11.8. The SMILES string of the molecule is [2H]C([2H])([2H])[C@]([2H])(N[C@@H](CCC)C(=O)O)C(=O)N1[C@H](C(=O)O[C@@H]2O[C@H](C(=O)O)[C@@H](O)[C@H](O)[C@H]2O)C[C@@H]2CCCC[C@@H]21. The van der Waals surface area contributed by atoms with Crippen LogP contribution in [0.25, 0.3) is 0 Å². The molecule has 13 heteroatoms. The lowest BCUT2D eigenvalue weighted by Gasteiger charge is -2.39. The van der Waals surface area contributed by atoms with Crippen LogP contribution in [0.5, 0.6) is 0 Å². The molecule has 204 valence electrons. The normalized spacial score (nSPS) is 38.8. The van der Waals surface area contributed by atoms with Crippen LogP contribution in [0.1, 0.15) is 64.2 Å². The van der Waals surface area contributed by atoms with E-state index in [4.69, 9.17) is 15.0 Å². The number of carbonyl (C=O) groups is 4. The molecule has 3 fully saturated rings. The highest BCUT2D eigenvalue weighted by molar-refractivity contribution is 5.89. The molecular formula is C23H36N2O11. The molecule has 0 radical (unpaired) electrons. The van der Waals surface area contributed by atoms with E-state index in [1.807, 2.05) is 0 Å². The van der Waals surface area contributed by atoms with Crippen LogP contribution < -0.4 is 5.32 Å². The van der Waals surface area contributed by atoms with Crippen molar-refractivity contribution < 1.29 is 59.7 Å². The minimum absolute atomic E-state index is 0.00000787. The number of likely N-dealkylation sites (tertiary alicyclic amines) is 1. The summed E-state index contributed by atoms with van der Waals surface area (Å²) in [7, 11) is 0. The van der Waals surface area contributed by atoms with Crippen molar-refractivity contribution in [2.75, 3.05) is 0 Å². The standard InChI is InChI=1S/C23H36N2O11/c1-3-6-12(20(30)31)24-10(2)19(29)25-13-8-5-4-7-11(13)9-14(25)22(34)36-23-17(28)15(26)16(27)18(35-23)21(32)33/h10-18,23-24,26-28H,3-9H2,1-2H3,(H,30,31)(H,32,33)/t10-,11-,12-,13-,14-,15-,16-,17+,18-,23-/m0/s1/i2D3,10D. The molecule has 1 aliphatic carbocycles. The molecule has 0 spiro atoms. The summed E-state index contributed by atoms with van der Waals surface area (Å²) in [6, 6.07) is -6.84. The number of hydrogen-bond acceptors (Lipinski definition) is 10. The summed E-state index contributed by atoms with van der Waals surface area (Å²) in [4.78, 5) is 51.4. The van der Waals surface area contributed by atoms with Gasteiger partial charge in [0.05, 0.1) is 7.39 Å². The number of aliphatic hydroxyl groups is 3. The maximum absolute atomic E-state index is 13.9. The second-order valence-corrected chi connectivity index (χ2v) is 9.45. The van der Waals surface area contributed by atoms with E-state index in [1.54, 1.807) is 6.92 Å². The highest BCUT2D eigenvalue weighted by Gasteiger charge is 2.52. The lowest BCUT2D eigenvalue weighted by molar-refractivity contribution is -0.287. The topological polar surface area (TPSA) is 203 Å². The van der Waals surface area contributed by atoms with Crippen LogP contribution in [0.4, 0.5) is 0 Å². The summed E-state index contributed by atoms with van der Waals surface area (Å²) >= 11 is 0. The Kier molecular flexibility index (Phi) is 7.50. The first kappa shape index (κ1) is 22.8. The van der Waals surface area contributed by atoms with Gasteiger partial charge >= 0.3 is 17.9 Å². The van der Waals surface area contributed by atoms with Crippen molar-refractivity contribution in [3.05, 3.63) is 0 Å². The third kappa shape index (κ3) is 5.80. The van der Waals surface area contributed by atoms with Gasteiger partial charge in [0, 0.05) is 10.2 Å². The number of carbonyl (C=O) groups excluding carboxylic acids is 2. The minimum Gasteiger partial charge on any atom is -0.480 e. The van der Waals surface area contributed by atoms with Crippen LogP contribution in [0.3, 0.4) is 0 Å². The quantitative estimate of drug-likeness (QED) is 0.199. The summed E-state index contributed by atoms with van der Waals surface area (Å²) in [5.74, 6) is -6.00. The predicted octanol–water partition coefficient (Wildman–Crippen LogP) is -1.19. The molecule has 0 bridgehead atoms. The number of esters is 1. The first-order valence-corrected chi connectivity index (χ1v) is 12.0. The van der Waals surface area contributed by atoms with Crippen LogP contribution in [-0.4, -0.2) is 109 Å². The minimum atomic E-state index is -3.36. The Labute approximate surface area is 214 Å². The van der Waals surface area contributed by atoms with Crippen molar-refractivity contribution in [3.63, 3.8) is 0 Å². The molecule has 1 saturated carbocycles. The second-order valence-electron chi connectivity index (χ2n) is 9.45. The number of aliphatic hydroxyl groups excluding tert-OH is 3. The van der Waals surface area contributed by atoms with Crippen molar-refractivity contribution in [2.24, 2.45) is 5.92 Å². The van der Waals surface area contributed by atoms with Crippen molar-refractivity contribution in [1.82, 2.24) is 10.2 Å². The van der Waals surface area contributed by atoms with Gasteiger partial charge in [-0.3, -0.25) is 14.9 Å². The monoisotopic (exact) mass is 520 g/mol. The van der Waals surface area contributed by atoms with Crippen LogP contribution in [0, 0.1) is 5.92 Å². The number of hydrogen-bond donors (Lipinski definition) is 6. The third-order valence-corrected chi connectivity index (χ3v) is 7.05. The number of nitrogens with zero attached hydrogens (tertiary/aromatic N) is 1. The fraction of sp³-hybridized carbons (Fsp3) is 0.826. The van der Waals surface area contributed by atoms with Gasteiger partial charge in [-0.25, -0.2) is 9.59 Å². The number of ether oxygens (including phenoxy) is 2. The maximum Gasteiger partial charge on any atom is 0.335 e. The smallest absolute Gasteiger partial charge is 0.335 e. The van der Waals surface area contributed by atoms with Gasteiger partial charge in [0.15, 0.2) is 6.10 Å². The number of carboxylic acids is 2. The average molecular weight is 521 g/mol. The highest BCUT2D eigenvalue weighted by atomic mass is 16.7. The van der Waals surface area contributed by atoms with Gasteiger partial charge in [0.2, 0.25) is 12.2 Å². The molecule has 3 rings (SSSR count). The summed E-state index contributed by atoms with van der Waals surface area (Å²) in [6.07, 6.45) is -7.64. The van der Waals surface area contributed by atoms with Gasteiger partial charge in [-0.05, 0) is 38.5 Å². The van der Waals surface area contributed by atoms with Gasteiger partial charge in [0.25, 0.3) is 0 Å². The molecule has 0 unspecified atom stereocenters. The molecule has 2 heterocycles. The molecule has 0 aromatic rings.